The summed E-state index contributed by atoms with van der Waals surface area (Å²) in [4.78, 5) is 8.26. The predicted octanol–water partition coefficient (Wildman–Crippen LogP) is 10.4. The van der Waals surface area contributed by atoms with E-state index < -0.39 is 0 Å². The highest BCUT2D eigenvalue weighted by molar-refractivity contribution is 8.00. The molecule has 246 valence electrons. The van der Waals surface area contributed by atoms with Gasteiger partial charge in [0.1, 0.15) is 6.61 Å². The van der Waals surface area contributed by atoms with E-state index >= 15 is 0 Å². The quantitative estimate of drug-likeness (QED) is 0.143. The minimum Gasteiger partial charge on any atom is -0.484 e. The molecular weight excluding hydrogens is 662 g/mol. The number of fused-ring (bicyclic) bond motifs is 4. The molecule has 10 heteroatoms. The monoisotopic (exact) mass is 703 g/mol. The molecule has 0 aliphatic carbocycles. The molecule has 4 N–H and O–H groups in total. The van der Waals surface area contributed by atoms with E-state index in [1.54, 1.807) is 0 Å². The molecule has 8 rings (SSSR count). The number of ether oxygens (including phenoxy) is 1. The Hall–Kier alpha value is -3.37. The van der Waals surface area contributed by atoms with Gasteiger partial charge in [-0.1, -0.05) is 36.9 Å². The van der Waals surface area contributed by atoms with Gasteiger partial charge in [-0.15, -0.1) is 35.3 Å². The molecule has 4 aliphatic rings. The number of benzene rings is 3. The average molecular weight is 704 g/mol. The Labute approximate surface area is 297 Å². The van der Waals surface area contributed by atoms with Crippen molar-refractivity contribution < 1.29 is 4.74 Å². The number of hydrogen-bond acceptors (Lipinski definition) is 9. The number of rotatable bonds is 0. The Morgan fingerprint density at radius 1 is 0.702 bits per heavy atom. The number of anilines is 4. The molecular formula is C37H42ClN5OS3. The van der Waals surface area contributed by atoms with Gasteiger partial charge in [-0.25, -0.2) is 4.98 Å². The summed E-state index contributed by atoms with van der Waals surface area (Å²) >= 11 is 11.6. The van der Waals surface area contributed by atoms with Crippen LogP contribution in [-0.2, 0) is 0 Å². The lowest BCUT2D eigenvalue weighted by Crippen LogP contribution is -2.16. The van der Waals surface area contributed by atoms with Crippen molar-refractivity contribution in [2.45, 2.75) is 42.4 Å². The topological polar surface area (TPSA) is 70.2 Å². The number of nitrogens with one attached hydrogen (secondary N) is 4. The van der Waals surface area contributed by atoms with E-state index in [0.29, 0.717) is 6.61 Å². The van der Waals surface area contributed by atoms with Gasteiger partial charge >= 0.3 is 0 Å². The van der Waals surface area contributed by atoms with Crippen molar-refractivity contribution in [3.05, 3.63) is 113 Å². The molecule has 47 heavy (non-hydrogen) atoms. The molecule has 0 unspecified atom stereocenters. The van der Waals surface area contributed by atoms with Crippen LogP contribution in [0.3, 0.4) is 0 Å². The van der Waals surface area contributed by atoms with Crippen LogP contribution >= 0.6 is 46.9 Å². The molecule has 0 atom stereocenters. The summed E-state index contributed by atoms with van der Waals surface area (Å²) in [6.45, 7) is 18.6. The van der Waals surface area contributed by atoms with Gasteiger partial charge in [0.05, 0.1) is 5.69 Å². The number of aromatic nitrogens is 1. The van der Waals surface area contributed by atoms with E-state index in [1.807, 2.05) is 67.3 Å². The van der Waals surface area contributed by atoms with Crippen LogP contribution in [0.1, 0.15) is 22.4 Å². The van der Waals surface area contributed by atoms with Gasteiger partial charge in [-0.2, -0.15) is 0 Å². The van der Waals surface area contributed by atoms with Crippen LogP contribution in [0.4, 0.5) is 22.9 Å². The molecule has 1 aromatic heterocycles. The summed E-state index contributed by atoms with van der Waals surface area (Å²) < 4.78 is 5.37. The van der Waals surface area contributed by atoms with Crippen molar-refractivity contribution in [3.8, 4) is 5.75 Å². The van der Waals surface area contributed by atoms with Gasteiger partial charge in [0.2, 0.25) is 0 Å². The second kappa shape index (κ2) is 16.6. The highest BCUT2D eigenvalue weighted by Gasteiger charge is 2.13. The Bertz CT molecular complexity index is 1660. The smallest absolute Gasteiger partial charge is 0.173 e. The SMILES string of the molecule is C=C1COc2ccc(C)nc2N1.C=C1CSc2ccc(C)cc2N1.Cc1cc2c(cc1Cl)SCCN2.Cc1ccc2c(c1)NCCS2. The molecule has 0 amide bonds. The van der Waals surface area contributed by atoms with Gasteiger partial charge in [-0.05, 0) is 92.9 Å². The molecule has 4 aliphatic heterocycles. The van der Waals surface area contributed by atoms with E-state index in [2.05, 4.69) is 95.7 Å². The van der Waals surface area contributed by atoms with Crippen LogP contribution in [-0.4, -0.2) is 41.9 Å². The lowest BCUT2D eigenvalue weighted by Gasteiger charge is -2.19. The summed E-state index contributed by atoms with van der Waals surface area (Å²) in [7, 11) is 0. The fraction of sp³-hybridized carbons (Fsp3) is 0.270. The molecule has 0 spiro atoms. The zero-order chi connectivity index (χ0) is 33.3. The fourth-order valence-electron chi connectivity index (χ4n) is 4.90. The molecule has 0 bridgehead atoms. The summed E-state index contributed by atoms with van der Waals surface area (Å²) in [6.07, 6.45) is 0. The van der Waals surface area contributed by atoms with E-state index in [-0.39, 0.29) is 0 Å². The first-order valence-corrected chi connectivity index (χ1v) is 18.9. The highest BCUT2D eigenvalue weighted by Crippen LogP contribution is 2.36. The van der Waals surface area contributed by atoms with Gasteiger partial charge in [0.25, 0.3) is 0 Å². The van der Waals surface area contributed by atoms with Crippen molar-refractivity contribution in [3.63, 3.8) is 0 Å². The first-order chi connectivity index (χ1) is 22.6. The van der Waals surface area contributed by atoms with Crippen LogP contribution in [0.2, 0.25) is 5.02 Å². The summed E-state index contributed by atoms with van der Waals surface area (Å²) in [5.74, 6) is 4.87. The average Bonchev–Trinajstić information content (AvgIpc) is 3.06. The minimum absolute atomic E-state index is 0.526. The Morgan fingerprint density at radius 2 is 1.34 bits per heavy atom. The van der Waals surface area contributed by atoms with Crippen LogP contribution < -0.4 is 26.0 Å². The summed E-state index contributed by atoms with van der Waals surface area (Å²) in [6, 6.07) is 21.0. The Morgan fingerprint density at radius 3 is 2.06 bits per heavy atom. The van der Waals surface area contributed by atoms with Crippen molar-refractivity contribution in [1.82, 2.24) is 4.98 Å². The molecule has 5 heterocycles. The molecule has 0 saturated heterocycles. The van der Waals surface area contributed by atoms with Crippen LogP contribution in [0, 0.1) is 27.7 Å². The Balaban J connectivity index is 0.000000123. The van der Waals surface area contributed by atoms with Gasteiger partial charge < -0.3 is 26.0 Å². The number of hydrogen-bond donors (Lipinski definition) is 4. The number of thioether (sulfide) groups is 3. The third-order valence-corrected chi connectivity index (χ3v) is 11.0. The maximum atomic E-state index is 6.00. The van der Waals surface area contributed by atoms with E-state index in [9.17, 15) is 0 Å². The fourth-order valence-corrected chi connectivity index (χ4v) is 7.75. The predicted molar refractivity (Wildman–Crippen MR) is 208 cm³/mol. The molecule has 4 aromatic rings. The second-order valence-corrected chi connectivity index (χ2v) is 15.2. The first kappa shape index (κ1) is 35.0. The maximum absolute atomic E-state index is 6.00. The third kappa shape index (κ3) is 10.1. The van der Waals surface area contributed by atoms with Crippen LogP contribution in [0.5, 0.6) is 5.75 Å². The number of halogens is 1. The second-order valence-electron chi connectivity index (χ2n) is 11.5. The van der Waals surface area contributed by atoms with E-state index in [4.69, 9.17) is 16.3 Å². The molecule has 3 aromatic carbocycles. The number of nitrogens with zero attached hydrogens (tertiary/aromatic N) is 1. The highest BCUT2D eigenvalue weighted by atomic mass is 35.5. The molecule has 6 nitrogen and oxygen atoms in total. The van der Waals surface area contributed by atoms with Crippen LogP contribution in [0.25, 0.3) is 0 Å². The first-order valence-electron chi connectivity index (χ1n) is 15.5. The van der Waals surface area contributed by atoms with E-state index in [1.165, 1.54) is 48.6 Å². The van der Waals surface area contributed by atoms with E-state index in [0.717, 1.165) is 63.8 Å². The lowest BCUT2D eigenvalue weighted by molar-refractivity contribution is 0.344. The molecule has 0 radical (unpaired) electrons. The van der Waals surface area contributed by atoms with Gasteiger partial charge in [0.15, 0.2) is 11.6 Å². The Kier molecular flexibility index (Phi) is 12.4. The molecule has 0 saturated carbocycles. The largest absolute Gasteiger partial charge is 0.484 e. The normalized spacial score (nSPS) is 15.1. The third-order valence-electron chi connectivity index (χ3n) is 7.29. The van der Waals surface area contributed by atoms with Crippen molar-refractivity contribution in [1.29, 1.82) is 0 Å². The van der Waals surface area contributed by atoms with Gasteiger partial charge in [-0.3, -0.25) is 0 Å². The number of pyridine rings is 1. The van der Waals surface area contributed by atoms with Crippen molar-refractivity contribution >= 4 is 69.8 Å². The lowest BCUT2D eigenvalue weighted by atomic mass is 10.2. The minimum atomic E-state index is 0.526. The van der Waals surface area contributed by atoms with Crippen LogP contribution in [0.15, 0.2) is 99.9 Å². The maximum Gasteiger partial charge on any atom is 0.173 e. The van der Waals surface area contributed by atoms with Gasteiger partial charge in [0, 0.05) is 78.5 Å². The zero-order valence-corrected chi connectivity index (χ0v) is 30.6. The standard InChI is InChI=1S/C10H11NS.C9H10ClNS.C9H10N2O.C9H11NS/c1-7-3-4-10-9(5-7)11-8(2)6-12-10;1-6-4-8-9(5-7(6)10)12-3-2-11-8;1-6-3-4-8-9(10-6)11-7(2)5-12-8;1-7-2-3-9-8(6-7)10-4-5-11-9/h3-5,11H,2,6H2,1H3;4-5,11H,2-3H2,1H3;3-4H,2,5H2,1H3,(H,10,11);2-3,6,10H,4-5H2,1H3. The summed E-state index contributed by atoms with van der Waals surface area (Å²) in [5.41, 5.74) is 10.4. The van der Waals surface area contributed by atoms with Crippen molar-refractivity contribution in [2.75, 3.05) is 58.2 Å². The van der Waals surface area contributed by atoms with Crippen molar-refractivity contribution in [2.24, 2.45) is 0 Å². The number of aryl methyl sites for hydroxylation is 4. The zero-order valence-electron chi connectivity index (χ0n) is 27.4. The summed E-state index contributed by atoms with van der Waals surface area (Å²) in [5, 5.41) is 14.0. The molecule has 0 fully saturated rings.